The van der Waals surface area contributed by atoms with Crippen LogP contribution >= 0.6 is 0 Å². The van der Waals surface area contributed by atoms with Crippen LogP contribution in [0, 0.1) is 0 Å². The molecular formula is C32H33NO6. The van der Waals surface area contributed by atoms with Crippen LogP contribution in [0.15, 0.2) is 60.7 Å². The lowest BCUT2D eigenvalue weighted by Crippen LogP contribution is -2.30. The smallest absolute Gasteiger partial charge is 0.261 e. The van der Waals surface area contributed by atoms with Gasteiger partial charge in [0.2, 0.25) is 0 Å². The Balaban J connectivity index is 1.20. The van der Waals surface area contributed by atoms with Gasteiger partial charge in [-0.05, 0) is 66.8 Å². The number of amides is 2. The highest BCUT2D eigenvalue weighted by Gasteiger charge is 2.34. The van der Waals surface area contributed by atoms with E-state index >= 15 is 0 Å². The number of benzene rings is 4. The standard InChI is InChI=1S/C32H33NO6/c1-36-22-13-14-23-21(19-22)20-26-27(37-2)15-16-28(38-3)29(26)30(23)39-18-10-6-4-5-9-17-33-31(34)24-11-7-8-12-25(24)32(33)35/h7-8,11-16,19-20H,4-6,9-10,17-18H2,1-3H3. The first-order valence-corrected chi connectivity index (χ1v) is 13.3. The summed E-state index contributed by atoms with van der Waals surface area (Å²) in [5, 5.41) is 3.78. The fraction of sp³-hybridized carbons (Fsp3) is 0.312. The van der Waals surface area contributed by atoms with Gasteiger partial charge in [-0.25, -0.2) is 0 Å². The van der Waals surface area contributed by atoms with Gasteiger partial charge in [-0.3, -0.25) is 14.5 Å². The van der Waals surface area contributed by atoms with Crippen molar-refractivity contribution in [3.63, 3.8) is 0 Å². The summed E-state index contributed by atoms with van der Waals surface area (Å²) in [5.74, 6) is 2.65. The first-order valence-electron chi connectivity index (χ1n) is 13.3. The normalized spacial score (nSPS) is 12.7. The number of hydrogen-bond acceptors (Lipinski definition) is 6. The van der Waals surface area contributed by atoms with E-state index in [2.05, 4.69) is 6.07 Å². The molecule has 39 heavy (non-hydrogen) atoms. The number of imide groups is 1. The van der Waals surface area contributed by atoms with Crippen molar-refractivity contribution < 1.29 is 28.5 Å². The van der Waals surface area contributed by atoms with E-state index in [0.717, 1.165) is 76.6 Å². The van der Waals surface area contributed by atoms with E-state index < -0.39 is 0 Å². The van der Waals surface area contributed by atoms with Crippen LogP contribution in [0.25, 0.3) is 21.5 Å². The number of unbranched alkanes of at least 4 members (excludes halogenated alkanes) is 4. The van der Waals surface area contributed by atoms with E-state index in [1.165, 1.54) is 4.90 Å². The van der Waals surface area contributed by atoms with Crippen LogP contribution in [-0.4, -0.2) is 51.2 Å². The molecule has 7 nitrogen and oxygen atoms in total. The maximum atomic E-state index is 12.5. The summed E-state index contributed by atoms with van der Waals surface area (Å²) >= 11 is 0. The second-order valence-corrected chi connectivity index (χ2v) is 9.61. The lowest BCUT2D eigenvalue weighted by Gasteiger charge is -2.17. The molecule has 2 amide bonds. The summed E-state index contributed by atoms with van der Waals surface area (Å²) < 4.78 is 23.2. The van der Waals surface area contributed by atoms with Crippen LogP contribution in [0.5, 0.6) is 23.0 Å². The molecule has 0 aliphatic carbocycles. The van der Waals surface area contributed by atoms with Crippen LogP contribution in [0.4, 0.5) is 0 Å². The average Bonchev–Trinajstić information content (AvgIpc) is 3.21. The van der Waals surface area contributed by atoms with Gasteiger partial charge < -0.3 is 18.9 Å². The maximum Gasteiger partial charge on any atom is 0.261 e. The third-order valence-corrected chi connectivity index (χ3v) is 7.29. The number of nitrogens with zero attached hydrogens (tertiary/aromatic N) is 1. The Bertz CT molecular complexity index is 1490. The van der Waals surface area contributed by atoms with Crippen molar-refractivity contribution in [3.05, 3.63) is 71.8 Å². The minimum absolute atomic E-state index is 0.184. The van der Waals surface area contributed by atoms with Gasteiger partial charge in [0.15, 0.2) is 0 Å². The number of hydrogen-bond donors (Lipinski definition) is 0. The van der Waals surface area contributed by atoms with E-state index in [-0.39, 0.29) is 11.8 Å². The van der Waals surface area contributed by atoms with Gasteiger partial charge >= 0.3 is 0 Å². The molecule has 0 unspecified atom stereocenters. The largest absolute Gasteiger partial charge is 0.497 e. The highest BCUT2D eigenvalue weighted by Crippen LogP contribution is 2.44. The zero-order valence-corrected chi connectivity index (χ0v) is 22.6. The first kappa shape index (κ1) is 26.4. The highest BCUT2D eigenvalue weighted by molar-refractivity contribution is 6.21. The molecule has 1 aliphatic rings. The van der Waals surface area contributed by atoms with Gasteiger partial charge in [-0.2, -0.15) is 0 Å². The quantitative estimate of drug-likeness (QED) is 0.117. The van der Waals surface area contributed by atoms with Gasteiger partial charge in [0.05, 0.1) is 44.4 Å². The summed E-state index contributed by atoms with van der Waals surface area (Å²) in [6, 6.07) is 18.8. The number of ether oxygens (including phenoxy) is 4. The Kier molecular flexibility index (Phi) is 7.87. The summed E-state index contributed by atoms with van der Waals surface area (Å²) in [6.45, 7) is 1.01. The molecule has 0 saturated heterocycles. The monoisotopic (exact) mass is 527 g/mol. The molecule has 0 spiro atoms. The zero-order chi connectivity index (χ0) is 27.4. The fourth-order valence-corrected chi connectivity index (χ4v) is 5.26. The number of carbonyl (C=O) groups is 2. The van der Waals surface area contributed by atoms with Crippen LogP contribution in [0.1, 0.15) is 52.8 Å². The summed E-state index contributed by atoms with van der Waals surface area (Å²) in [6.07, 6.45) is 4.60. The molecule has 4 aromatic carbocycles. The Hall–Kier alpha value is -4.26. The predicted octanol–water partition coefficient (Wildman–Crippen LogP) is 6.64. The Labute approximate surface area is 228 Å². The molecule has 202 valence electrons. The van der Waals surface area contributed by atoms with Crippen LogP contribution in [0.2, 0.25) is 0 Å². The molecular weight excluding hydrogens is 494 g/mol. The summed E-state index contributed by atoms with van der Waals surface area (Å²) in [4.78, 5) is 26.4. The third kappa shape index (κ3) is 5.09. The lowest BCUT2D eigenvalue weighted by atomic mass is 10.00. The molecule has 0 bridgehead atoms. The van der Waals surface area contributed by atoms with Crippen LogP contribution in [-0.2, 0) is 0 Å². The van der Waals surface area contributed by atoms with Gasteiger partial charge in [0, 0.05) is 17.3 Å². The Morgan fingerprint density at radius 1 is 0.667 bits per heavy atom. The van der Waals surface area contributed by atoms with Crippen molar-refractivity contribution in [2.45, 2.75) is 32.1 Å². The van der Waals surface area contributed by atoms with E-state index in [4.69, 9.17) is 18.9 Å². The molecule has 1 aliphatic heterocycles. The molecule has 0 aromatic heterocycles. The van der Waals surface area contributed by atoms with E-state index in [1.807, 2.05) is 30.3 Å². The molecule has 5 rings (SSSR count). The molecule has 0 N–H and O–H groups in total. The van der Waals surface area contributed by atoms with Crippen LogP contribution in [0.3, 0.4) is 0 Å². The average molecular weight is 528 g/mol. The van der Waals surface area contributed by atoms with Crippen LogP contribution < -0.4 is 18.9 Å². The number of carbonyl (C=O) groups excluding carboxylic acids is 2. The molecule has 0 radical (unpaired) electrons. The Morgan fingerprint density at radius 3 is 2.03 bits per heavy atom. The van der Waals surface area contributed by atoms with Crippen molar-refractivity contribution in [2.75, 3.05) is 34.5 Å². The molecule has 1 heterocycles. The molecule has 7 heteroatoms. The van der Waals surface area contributed by atoms with Crippen molar-refractivity contribution in [1.29, 1.82) is 0 Å². The lowest BCUT2D eigenvalue weighted by molar-refractivity contribution is 0.0651. The fourth-order valence-electron chi connectivity index (χ4n) is 5.26. The van der Waals surface area contributed by atoms with Crippen molar-refractivity contribution in [1.82, 2.24) is 4.90 Å². The van der Waals surface area contributed by atoms with Crippen molar-refractivity contribution in [2.24, 2.45) is 0 Å². The van der Waals surface area contributed by atoms with Gasteiger partial charge in [-0.1, -0.05) is 31.4 Å². The predicted molar refractivity (Wildman–Crippen MR) is 151 cm³/mol. The van der Waals surface area contributed by atoms with Gasteiger partial charge in [-0.15, -0.1) is 0 Å². The number of methoxy groups -OCH3 is 3. The first-order chi connectivity index (χ1) is 19.1. The second-order valence-electron chi connectivity index (χ2n) is 9.61. The van der Waals surface area contributed by atoms with E-state index in [0.29, 0.717) is 24.3 Å². The molecule has 0 atom stereocenters. The Morgan fingerprint density at radius 2 is 1.33 bits per heavy atom. The maximum absolute atomic E-state index is 12.5. The zero-order valence-electron chi connectivity index (χ0n) is 22.6. The van der Waals surface area contributed by atoms with Crippen molar-refractivity contribution in [3.8, 4) is 23.0 Å². The summed E-state index contributed by atoms with van der Waals surface area (Å²) in [7, 11) is 4.97. The molecule has 0 fully saturated rings. The molecule has 0 saturated carbocycles. The van der Waals surface area contributed by atoms with Crippen molar-refractivity contribution >= 4 is 33.4 Å². The van der Waals surface area contributed by atoms with Gasteiger partial charge in [0.1, 0.15) is 23.0 Å². The number of rotatable bonds is 12. The highest BCUT2D eigenvalue weighted by atomic mass is 16.5. The number of fused-ring (bicyclic) bond motifs is 3. The SMILES string of the molecule is COc1ccc2c(OCCCCCCCN3C(=O)c4ccccc4C3=O)c3c(OC)ccc(OC)c3cc2c1. The van der Waals surface area contributed by atoms with E-state index in [9.17, 15) is 9.59 Å². The second kappa shape index (κ2) is 11.6. The molecule has 4 aromatic rings. The minimum atomic E-state index is -0.184. The minimum Gasteiger partial charge on any atom is -0.497 e. The van der Waals surface area contributed by atoms with Gasteiger partial charge in [0.25, 0.3) is 11.8 Å². The van der Waals surface area contributed by atoms with E-state index in [1.54, 1.807) is 45.6 Å². The topological polar surface area (TPSA) is 74.3 Å². The summed E-state index contributed by atoms with van der Waals surface area (Å²) in [5.41, 5.74) is 1.02. The third-order valence-electron chi connectivity index (χ3n) is 7.29.